The van der Waals surface area contributed by atoms with E-state index in [4.69, 9.17) is 19.9 Å². The molecule has 408 valence electrons. The molecule has 2 aliphatic heterocycles. The Morgan fingerprint density at radius 2 is 0.684 bits per heavy atom. The SMILES string of the molecule is CCCCCCC(CCCCCC)c1c2nc([13c](-c3ccc(C#C[Si](C)(C)C)cc3)c3nc(c(C(CCCCCC)CCCCCC)c4ccc([n-]4)c(C(CCCCCC)CCCCCC)c4ccc1[n-]4)C=C3)C=C2.[Zn+2]. The predicted molar refractivity (Wildman–Crippen MR) is 333 cm³/mol. The molecule has 6 heteroatoms. The van der Waals surface area contributed by atoms with Gasteiger partial charge in [0.2, 0.25) is 0 Å². The van der Waals surface area contributed by atoms with Crippen molar-refractivity contribution in [1.82, 2.24) is 19.9 Å². The van der Waals surface area contributed by atoms with Crippen molar-refractivity contribution in [3.63, 3.8) is 0 Å². The molecular weight excluding hydrogens is 991 g/mol. The first-order valence-corrected chi connectivity index (χ1v) is 34.8. The maximum absolute atomic E-state index is 5.90. The molecular formula is C70H102N4SiZn. The van der Waals surface area contributed by atoms with E-state index in [9.17, 15) is 0 Å². The van der Waals surface area contributed by atoms with Gasteiger partial charge in [-0.1, -0.05) is 263 Å². The van der Waals surface area contributed by atoms with Gasteiger partial charge in [-0.25, -0.2) is 9.97 Å². The van der Waals surface area contributed by atoms with Crippen molar-refractivity contribution in [1.29, 1.82) is 0 Å². The smallest absolute Gasteiger partial charge is 0.657 e. The quantitative estimate of drug-likeness (QED) is 0.0230. The summed E-state index contributed by atoms with van der Waals surface area (Å²) < 4.78 is 0. The molecule has 0 N–H and O–H groups in total. The summed E-state index contributed by atoms with van der Waals surface area (Å²) in [5, 5.41) is 0. The standard InChI is InChI=1S/C70H102N4Si.Zn/c1-10-16-22-28-34-55(35-29-23-17-11-2)67-59-44-46-61(71-59)68(56(36-30-24-18-12-3)37-31-25-19-13-4)63-48-50-65(73-63)70(58-42-40-54(41-43-58)52-53-75(7,8)9)66-51-49-64(74-66)69(62-47-45-60(67)72-62)57(38-32-26-20-14-5)39-33-27-21-15-6;/h40-51,55-57H,10-39H2,1-9H3;/q-2;+2/i70+1;. The summed E-state index contributed by atoms with van der Waals surface area (Å²) in [6.45, 7) is 20.9. The first-order chi connectivity index (χ1) is 36.6. The Morgan fingerprint density at radius 3 is 1.00 bits per heavy atom. The van der Waals surface area contributed by atoms with Gasteiger partial charge in [-0.15, -0.1) is 27.6 Å². The summed E-state index contributed by atoms with van der Waals surface area (Å²) in [6, 6.07) is 18.5. The fraction of sp³-hybridized carbons (Fsp3) is 0.600. The Morgan fingerprint density at radius 1 is 0.382 bits per heavy atom. The summed E-state index contributed by atoms with van der Waals surface area (Å²) in [5.74, 6) is 4.65. The van der Waals surface area contributed by atoms with Gasteiger partial charge in [-0.05, 0) is 109 Å². The van der Waals surface area contributed by atoms with Gasteiger partial charge in [0.1, 0.15) is 8.07 Å². The van der Waals surface area contributed by atoms with Crippen LogP contribution in [0, 0.1) is 11.5 Å². The first kappa shape index (κ1) is 63.1. The van der Waals surface area contributed by atoms with Gasteiger partial charge < -0.3 is 9.97 Å². The number of hydrogen-bond donors (Lipinski definition) is 0. The predicted octanol–water partition coefficient (Wildman–Crippen LogP) is 21.9. The van der Waals surface area contributed by atoms with Crippen LogP contribution in [0.25, 0.3) is 57.5 Å². The maximum Gasteiger partial charge on any atom is 2.00 e. The van der Waals surface area contributed by atoms with Gasteiger partial charge in [-0.2, -0.15) is 0 Å². The Bertz CT molecular complexity index is 2450. The van der Waals surface area contributed by atoms with E-state index in [2.05, 4.69) is 145 Å². The van der Waals surface area contributed by atoms with E-state index in [-0.39, 0.29) is 19.5 Å². The Kier molecular flexibility index (Phi) is 28.4. The van der Waals surface area contributed by atoms with E-state index in [0.717, 1.165) is 87.2 Å². The minimum atomic E-state index is -1.54. The van der Waals surface area contributed by atoms with Gasteiger partial charge >= 0.3 is 19.5 Å². The molecule has 1 aromatic carbocycles. The minimum Gasteiger partial charge on any atom is -0.657 e. The van der Waals surface area contributed by atoms with Crippen molar-refractivity contribution in [3.8, 4) is 22.6 Å². The third-order valence-corrected chi connectivity index (χ3v) is 17.0. The minimum absolute atomic E-state index is 0. The zero-order valence-electron chi connectivity index (χ0n) is 49.9. The van der Waals surface area contributed by atoms with Crippen molar-refractivity contribution in [2.45, 2.75) is 272 Å². The fourth-order valence-electron chi connectivity index (χ4n) is 11.9. The number of hydrogen-bond acceptors (Lipinski definition) is 2. The van der Waals surface area contributed by atoms with Crippen LogP contribution in [0.3, 0.4) is 0 Å². The second kappa shape index (κ2) is 34.3. The molecule has 4 aromatic rings. The van der Waals surface area contributed by atoms with Gasteiger partial charge in [0, 0.05) is 11.1 Å². The van der Waals surface area contributed by atoms with E-state index in [0.29, 0.717) is 17.8 Å². The molecule has 2 aliphatic rings. The number of benzene rings is 1. The zero-order chi connectivity index (χ0) is 53.3. The van der Waals surface area contributed by atoms with Crippen molar-refractivity contribution in [2.75, 3.05) is 0 Å². The molecule has 0 spiro atoms. The topological polar surface area (TPSA) is 54.0 Å². The second-order valence-electron chi connectivity index (χ2n) is 23.7. The molecule has 0 radical (unpaired) electrons. The average Bonchev–Trinajstić information content (AvgIpc) is 4.27. The summed E-state index contributed by atoms with van der Waals surface area (Å²) in [6.07, 6.45) is 46.5. The molecule has 0 amide bonds. The molecule has 0 fully saturated rings. The fourth-order valence-corrected chi connectivity index (χ4v) is 12.4. The second-order valence-corrected chi connectivity index (χ2v) is 28.5. The van der Waals surface area contributed by atoms with Crippen molar-refractivity contribution in [2.24, 2.45) is 0 Å². The van der Waals surface area contributed by atoms with Crippen LogP contribution < -0.4 is 9.97 Å². The molecule has 0 aliphatic carbocycles. The Balaban J connectivity index is 0.0000107. The molecule has 0 atom stereocenters. The van der Waals surface area contributed by atoms with Crippen LogP contribution in [0.15, 0.2) is 48.5 Å². The molecule has 4 nitrogen and oxygen atoms in total. The van der Waals surface area contributed by atoms with E-state index >= 15 is 0 Å². The van der Waals surface area contributed by atoms with E-state index < -0.39 is 8.07 Å². The molecule has 5 heterocycles. The van der Waals surface area contributed by atoms with Crippen LogP contribution in [0.4, 0.5) is 0 Å². The summed E-state index contributed by atoms with van der Waals surface area (Å²) in [4.78, 5) is 23.4. The normalized spacial score (nSPS) is 12.3. The molecule has 3 aromatic heterocycles. The van der Waals surface area contributed by atoms with Crippen LogP contribution in [0.5, 0.6) is 0 Å². The molecule has 0 unspecified atom stereocenters. The number of nitrogens with zero attached hydrogens (tertiary/aromatic N) is 4. The van der Waals surface area contributed by atoms with Gasteiger partial charge in [0.25, 0.3) is 0 Å². The van der Waals surface area contributed by atoms with E-state index in [1.807, 2.05) is 0 Å². The molecule has 0 saturated carbocycles. The van der Waals surface area contributed by atoms with Gasteiger partial charge in [0.15, 0.2) is 0 Å². The summed E-state index contributed by atoms with van der Waals surface area (Å²) in [7, 11) is -1.54. The van der Waals surface area contributed by atoms with Crippen LogP contribution >= 0.6 is 0 Å². The van der Waals surface area contributed by atoms with Crippen LogP contribution in [-0.2, 0) is 19.5 Å². The number of unbranched alkanes of at least 4 members (excludes halogenated alkanes) is 18. The van der Waals surface area contributed by atoms with Crippen molar-refractivity contribution in [3.05, 3.63) is 93.6 Å². The third kappa shape index (κ3) is 19.2. The van der Waals surface area contributed by atoms with Gasteiger partial charge in [0.05, 0.1) is 22.8 Å². The summed E-state index contributed by atoms with van der Waals surface area (Å²) in [5.41, 5.74) is 19.6. The molecule has 76 heavy (non-hydrogen) atoms. The maximum atomic E-state index is 5.90. The molecule has 0 saturated heterocycles. The van der Waals surface area contributed by atoms with Crippen molar-refractivity contribution >= 4 is 54.4 Å². The largest absolute Gasteiger partial charge is 2.00 e. The summed E-state index contributed by atoms with van der Waals surface area (Å²) >= 11 is 0. The number of fused-ring (bicyclic) bond motifs is 8. The Hall–Kier alpha value is -3.78. The van der Waals surface area contributed by atoms with E-state index in [1.165, 1.54) is 184 Å². The molecule has 8 bridgehead atoms. The molecule has 6 rings (SSSR count). The van der Waals surface area contributed by atoms with Gasteiger partial charge in [-0.3, -0.25) is 0 Å². The monoisotopic (exact) mass is 1090 g/mol. The van der Waals surface area contributed by atoms with Crippen molar-refractivity contribution < 1.29 is 19.5 Å². The first-order valence-electron chi connectivity index (χ1n) is 31.3. The average molecular weight is 1090 g/mol. The van der Waals surface area contributed by atoms with E-state index in [1.54, 1.807) is 0 Å². The zero-order valence-corrected chi connectivity index (χ0v) is 53.8. The third-order valence-electron chi connectivity index (χ3n) is 16.1. The number of rotatable bonds is 34. The van der Waals surface area contributed by atoms with Crippen LogP contribution in [-0.4, -0.2) is 18.0 Å². The number of aromatic nitrogens is 4. The Labute approximate surface area is 478 Å². The van der Waals surface area contributed by atoms with Crippen LogP contribution in [0.2, 0.25) is 19.6 Å². The van der Waals surface area contributed by atoms with Crippen LogP contribution in [0.1, 0.15) is 297 Å².